The van der Waals surface area contributed by atoms with Crippen LogP contribution in [-0.4, -0.2) is 53.9 Å². The largest absolute Gasteiger partial charge is 0.495 e. The number of carbonyl (C=O) groups is 1. The Balaban J connectivity index is 1.34. The van der Waals surface area contributed by atoms with Crippen LogP contribution in [0, 0.1) is 6.92 Å². The molecule has 0 N–H and O–H groups in total. The normalized spacial score (nSPS) is 14.3. The van der Waals surface area contributed by atoms with Crippen LogP contribution < -0.4 is 15.3 Å². The monoisotopic (exact) mass is 466 g/mol. The van der Waals surface area contributed by atoms with E-state index >= 15 is 0 Å². The first-order valence-electron chi connectivity index (χ1n) is 10.7. The number of aromatic nitrogens is 2. The molecule has 0 unspecified atom stereocenters. The number of aryl methyl sites for hydroxylation is 1. The number of hydrogen-bond donors (Lipinski definition) is 0. The van der Waals surface area contributed by atoms with Crippen molar-refractivity contribution in [3.05, 3.63) is 63.6 Å². The van der Waals surface area contributed by atoms with Crippen LogP contribution in [0.3, 0.4) is 0 Å². The predicted octanol–water partition coefficient (Wildman–Crippen LogP) is 3.46. The number of nitrogens with zero attached hydrogens (tertiary/aromatic N) is 4. The molecule has 1 amide bonds. The Morgan fingerprint density at radius 2 is 1.91 bits per heavy atom. The second-order valence-electron chi connectivity index (χ2n) is 8.14. The molecular formula is C24H23ClN4O4. The summed E-state index contributed by atoms with van der Waals surface area (Å²) in [5.41, 5.74) is 2.71. The topological polar surface area (TPSA) is 80.8 Å². The Hall–Kier alpha value is -3.52. The van der Waals surface area contributed by atoms with Gasteiger partial charge in [-0.2, -0.15) is 5.10 Å². The molecule has 0 spiro atoms. The number of amides is 1. The number of rotatable bonds is 4. The van der Waals surface area contributed by atoms with Crippen molar-refractivity contribution in [2.45, 2.75) is 13.5 Å². The summed E-state index contributed by atoms with van der Waals surface area (Å²) in [5.74, 6) is 0.590. The van der Waals surface area contributed by atoms with Gasteiger partial charge in [0.05, 0.1) is 23.8 Å². The second kappa shape index (κ2) is 8.44. The van der Waals surface area contributed by atoms with E-state index in [9.17, 15) is 9.59 Å². The summed E-state index contributed by atoms with van der Waals surface area (Å²) in [6, 6.07) is 11.3. The maximum Gasteiger partial charge on any atom is 0.347 e. The molecule has 5 rings (SSSR count). The molecule has 1 saturated heterocycles. The number of fused-ring (bicyclic) bond motifs is 3. The molecule has 1 aliphatic rings. The van der Waals surface area contributed by atoms with E-state index in [-0.39, 0.29) is 12.5 Å². The fourth-order valence-electron chi connectivity index (χ4n) is 4.30. The Morgan fingerprint density at radius 3 is 2.67 bits per heavy atom. The lowest BCUT2D eigenvalue weighted by atomic mass is 10.1. The van der Waals surface area contributed by atoms with Crippen LogP contribution in [0.5, 0.6) is 5.75 Å². The Bertz CT molecular complexity index is 1420. The molecule has 2 aromatic heterocycles. The van der Waals surface area contributed by atoms with Gasteiger partial charge in [0, 0.05) is 43.3 Å². The number of carbonyl (C=O) groups excluding carboxylic acids is 1. The van der Waals surface area contributed by atoms with E-state index in [0.717, 1.165) is 16.6 Å². The predicted molar refractivity (Wildman–Crippen MR) is 127 cm³/mol. The van der Waals surface area contributed by atoms with Crippen molar-refractivity contribution in [1.29, 1.82) is 0 Å². The average Bonchev–Trinajstić information content (AvgIpc) is 3.24. The Morgan fingerprint density at radius 1 is 1.12 bits per heavy atom. The van der Waals surface area contributed by atoms with Gasteiger partial charge in [0.1, 0.15) is 23.3 Å². The molecule has 0 aliphatic carbocycles. The molecule has 4 aromatic rings. The highest BCUT2D eigenvalue weighted by atomic mass is 35.5. The van der Waals surface area contributed by atoms with Crippen LogP contribution >= 0.6 is 11.6 Å². The molecule has 2 aromatic carbocycles. The summed E-state index contributed by atoms with van der Waals surface area (Å²) in [6.07, 6.45) is 1.47. The van der Waals surface area contributed by atoms with Crippen molar-refractivity contribution >= 4 is 45.1 Å². The number of anilines is 1. The SMILES string of the molecule is COc1cc(N2CCN(C(=O)Cn3ncc4c(=O)oc5ccc(C)cc5c43)CC2)ccc1Cl. The molecular weight excluding hydrogens is 444 g/mol. The van der Waals surface area contributed by atoms with Crippen molar-refractivity contribution in [2.75, 3.05) is 38.2 Å². The van der Waals surface area contributed by atoms with Gasteiger partial charge in [0.2, 0.25) is 5.91 Å². The highest BCUT2D eigenvalue weighted by Crippen LogP contribution is 2.30. The van der Waals surface area contributed by atoms with E-state index < -0.39 is 5.63 Å². The fraction of sp³-hybridized carbons (Fsp3) is 0.292. The summed E-state index contributed by atoms with van der Waals surface area (Å²) in [6.45, 7) is 4.60. The van der Waals surface area contributed by atoms with E-state index in [1.807, 2.05) is 42.2 Å². The number of hydrogen-bond acceptors (Lipinski definition) is 6. The molecule has 33 heavy (non-hydrogen) atoms. The maximum atomic E-state index is 13.1. The first-order valence-corrected chi connectivity index (χ1v) is 11.1. The highest BCUT2D eigenvalue weighted by Gasteiger charge is 2.23. The standard InChI is InChI=1S/C24H23ClN4O4/c1-15-3-6-20-17(11-15)23-18(24(31)33-20)13-26-29(23)14-22(30)28-9-7-27(8-10-28)16-4-5-19(25)21(12-16)32-2/h3-6,11-13H,7-10,14H2,1-2H3. The summed E-state index contributed by atoms with van der Waals surface area (Å²) in [5, 5.41) is 6.05. The van der Waals surface area contributed by atoms with Crippen LogP contribution in [0.25, 0.3) is 21.9 Å². The van der Waals surface area contributed by atoms with Crippen LogP contribution in [0.15, 0.2) is 51.8 Å². The smallest absolute Gasteiger partial charge is 0.347 e. The molecule has 9 heteroatoms. The fourth-order valence-corrected chi connectivity index (χ4v) is 4.49. The van der Waals surface area contributed by atoms with Crippen molar-refractivity contribution in [2.24, 2.45) is 0 Å². The van der Waals surface area contributed by atoms with Gasteiger partial charge in [-0.05, 0) is 31.2 Å². The first-order chi connectivity index (χ1) is 15.9. The minimum Gasteiger partial charge on any atom is -0.495 e. The molecule has 1 aliphatic heterocycles. The van der Waals surface area contributed by atoms with Gasteiger partial charge in [-0.1, -0.05) is 23.2 Å². The van der Waals surface area contributed by atoms with E-state index in [1.54, 1.807) is 17.9 Å². The lowest BCUT2D eigenvalue weighted by Crippen LogP contribution is -2.49. The van der Waals surface area contributed by atoms with E-state index in [2.05, 4.69) is 10.00 Å². The van der Waals surface area contributed by atoms with E-state index in [1.165, 1.54) is 6.20 Å². The number of piperazine rings is 1. The third-order valence-electron chi connectivity index (χ3n) is 6.07. The van der Waals surface area contributed by atoms with Crippen LogP contribution in [0.4, 0.5) is 5.69 Å². The van der Waals surface area contributed by atoms with Gasteiger partial charge in [0.15, 0.2) is 0 Å². The van der Waals surface area contributed by atoms with Crippen LogP contribution in [0.1, 0.15) is 5.56 Å². The Labute approximate surface area is 194 Å². The van der Waals surface area contributed by atoms with E-state index in [4.69, 9.17) is 20.8 Å². The average molecular weight is 467 g/mol. The number of ether oxygens (including phenoxy) is 1. The Kier molecular flexibility index (Phi) is 5.46. The summed E-state index contributed by atoms with van der Waals surface area (Å²) >= 11 is 6.13. The summed E-state index contributed by atoms with van der Waals surface area (Å²) in [7, 11) is 1.59. The summed E-state index contributed by atoms with van der Waals surface area (Å²) < 4.78 is 12.3. The number of methoxy groups -OCH3 is 1. The second-order valence-corrected chi connectivity index (χ2v) is 8.55. The zero-order chi connectivity index (χ0) is 23.1. The summed E-state index contributed by atoms with van der Waals surface area (Å²) in [4.78, 5) is 29.5. The molecule has 0 atom stereocenters. The van der Waals surface area contributed by atoms with Crippen molar-refractivity contribution in [1.82, 2.24) is 14.7 Å². The van der Waals surface area contributed by atoms with Crippen molar-refractivity contribution in [3.8, 4) is 5.75 Å². The minimum absolute atomic E-state index is 0.0395. The van der Waals surface area contributed by atoms with Gasteiger partial charge in [-0.15, -0.1) is 0 Å². The van der Waals surface area contributed by atoms with Gasteiger partial charge in [-0.25, -0.2) is 4.79 Å². The first kappa shape index (κ1) is 21.3. The molecule has 0 bridgehead atoms. The number of halogens is 1. The third kappa shape index (κ3) is 3.91. The van der Waals surface area contributed by atoms with Gasteiger partial charge in [-0.3, -0.25) is 9.48 Å². The number of benzene rings is 2. The van der Waals surface area contributed by atoms with Gasteiger partial charge in [0.25, 0.3) is 0 Å². The van der Waals surface area contributed by atoms with Crippen LogP contribution in [-0.2, 0) is 11.3 Å². The van der Waals surface area contributed by atoms with Crippen molar-refractivity contribution < 1.29 is 13.9 Å². The maximum absolute atomic E-state index is 13.1. The molecule has 0 saturated carbocycles. The molecule has 1 fully saturated rings. The molecule has 3 heterocycles. The molecule has 8 nitrogen and oxygen atoms in total. The lowest BCUT2D eigenvalue weighted by Gasteiger charge is -2.36. The van der Waals surface area contributed by atoms with E-state index in [0.29, 0.717) is 53.4 Å². The quantitative estimate of drug-likeness (QED) is 0.428. The molecule has 170 valence electrons. The highest BCUT2D eigenvalue weighted by molar-refractivity contribution is 6.32. The van der Waals surface area contributed by atoms with Gasteiger partial charge < -0.3 is 19.0 Å². The zero-order valence-corrected chi connectivity index (χ0v) is 19.1. The third-order valence-corrected chi connectivity index (χ3v) is 6.38. The van der Waals surface area contributed by atoms with Crippen molar-refractivity contribution in [3.63, 3.8) is 0 Å². The molecule has 0 radical (unpaired) electrons. The zero-order valence-electron chi connectivity index (χ0n) is 18.4. The lowest BCUT2D eigenvalue weighted by molar-refractivity contribution is -0.132. The minimum atomic E-state index is -0.452. The van der Waals surface area contributed by atoms with Crippen LogP contribution in [0.2, 0.25) is 5.02 Å². The van der Waals surface area contributed by atoms with Gasteiger partial charge >= 0.3 is 5.63 Å².